The second kappa shape index (κ2) is 4.82. The maximum absolute atomic E-state index is 11.9. The first kappa shape index (κ1) is 13.0. The van der Waals surface area contributed by atoms with E-state index in [-0.39, 0.29) is 11.8 Å². The number of carboxylic acid groups (broad SMARTS) is 1. The van der Waals surface area contributed by atoms with Gasteiger partial charge in [-0.2, -0.15) is 0 Å². The molecule has 1 aliphatic carbocycles. The number of rotatable bonds is 6. The van der Waals surface area contributed by atoms with E-state index < -0.39 is 17.6 Å². The zero-order chi connectivity index (χ0) is 12.3. The van der Waals surface area contributed by atoms with Crippen molar-refractivity contribution in [2.45, 2.75) is 51.1 Å². The Morgan fingerprint density at radius 3 is 2.25 bits per heavy atom. The predicted octanol–water partition coefficient (Wildman–Crippen LogP) is 0.483. The van der Waals surface area contributed by atoms with Gasteiger partial charge in [-0.25, -0.2) is 4.79 Å². The third-order valence-corrected chi connectivity index (χ3v) is 3.36. The Hall–Kier alpha value is -1.10. The first-order valence-electron chi connectivity index (χ1n) is 5.77. The van der Waals surface area contributed by atoms with Gasteiger partial charge in [-0.1, -0.05) is 13.8 Å². The van der Waals surface area contributed by atoms with Crippen LogP contribution in [0.1, 0.15) is 39.5 Å². The molecule has 4 N–H and O–H groups in total. The van der Waals surface area contributed by atoms with Crippen LogP contribution in [0.15, 0.2) is 0 Å². The highest BCUT2D eigenvalue weighted by Gasteiger charge is 2.40. The summed E-state index contributed by atoms with van der Waals surface area (Å²) in [6.07, 6.45) is 2.75. The van der Waals surface area contributed by atoms with Crippen LogP contribution in [0, 0.1) is 5.92 Å². The number of carbonyl (C=O) groups is 2. The summed E-state index contributed by atoms with van der Waals surface area (Å²) in [5.74, 6) is -1.23. The van der Waals surface area contributed by atoms with Crippen LogP contribution in [-0.4, -0.2) is 28.6 Å². The monoisotopic (exact) mass is 228 g/mol. The van der Waals surface area contributed by atoms with Crippen molar-refractivity contribution in [3.05, 3.63) is 0 Å². The lowest BCUT2D eigenvalue weighted by molar-refractivity contribution is -0.143. The molecular formula is C11H20N2O3. The average Bonchev–Trinajstić information content (AvgIpc) is 3.07. The number of hydrogen-bond donors (Lipinski definition) is 3. The van der Waals surface area contributed by atoms with Gasteiger partial charge in [0.15, 0.2) is 0 Å². The summed E-state index contributed by atoms with van der Waals surface area (Å²) in [6.45, 7) is 3.66. The number of amides is 1. The number of aliphatic carboxylic acids is 1. The quantitative estimate of drug-likeness (QED) is 0.616. The standard InChI is InChI=1S/C11H20N2O3/c1-3-11(12,4-2)10(16)13-8(9(14)15)7-5-6-7/h7-8H,3-6,12H2,1-2H3,(H,13,16)(H,14,15). The lowest BCUT2D eigenvalue weighted by atomic mass is 9.92. The highest BCUT2D eigenvalue weighted by Crippen LogP contribution is 2.33. The highest BCUT2D eigenvalue weighted by atomic mass is 16.4. The van der Waals surface area contributed by atoms with Gasteiger partial charge in [-0.15, -0.1) is 0 Å². The molecule has 0 aromatic carbocycles. The molecule has 0 aliphatic heterocycles. The van der Waals surface area contributed by atoms with Crippen LogP contribution >= 0.6 is 0 Å². The highest BCUT2D eigenvalue weighted by molar-refractivity contribution is 5.90. The summed E-state index contributed by atoms with van der Waals surface area (Å²) in [6, 6.07) is -0.770. The third kappa shape index (κ3) is 2.72. The molecule has 5 nitrogen and oxygen atoms in total. The second-order valence-electron chi connectivity index (χ2n) is 4.49. The van der Waals surface area contributed by atoms with Crippen molar-refractivity contribution in [2.24, 2.45) is 11.7 Å². The smallest absolute Gasteiger partial charge is 0.326 e. The fourth-order valence-corrected chi connectivity index (χ4v) is 1.67. The summed E-state index contributed by atoms with van der Waals surface area (Å²) in [5, 5.41) is 11.5. The fourth-order valence-electron chi connectivity index (χ4n) is 1.67. The van der Waals surface area contributed by atoms with Crippen molar-refractivity contribution in [1.82, 2.24) is 5.32 Å². The van der Waals surface area contributed by atoms with Crippen LogP contribution in [0.2, 0.25) is 0 Å². The van der Waals surface area contributed by atoms with Gasteiger partial charge in [0.05, 0.1) is 5.54 Å². The minimum Gasteiger partial charge on any atom is -0.480 e. The molecule has 1 saturated carbocycles. The van der Waals surface area contributed by atoms with Crippen molar-refractivity contribution in [1.29, 1.82) is 0 Å². The first-order valence-corrected chi connectivity index (χ1v) is 5.77. The molecule has 1 aliphatic rings. The van der Waals surface area contributed by atoms with Crippen LogP contribution in [-0.2, 0) is 9.59 Å². The van der Waals surface area contributed by atoms with E-state index in [0.29, 0.717) is 12.8 Å². The molecule has 0 aromatic heterocycles. The Kier molecular flexibility index (Phi) is 3.91. The summed E-state index contributed by atoms with van der Waals surface area (Å²) < 4.78 is 0. The Balaban J connectivity index is 2.64. The van der Waals surface area contributed by atoms with Crippen LogP contribution in [0.5, 0.6) is 0 Å². The Morgan fingerprint density at radius 1 is 1.44 bits per heavy atom. The molecule has 5 heteroatoms. The zero-order valence-corrected chi connectivity index (χ0v) is 9.82. The van der Waals surface area contributed by atoms with Gasteiger partial charge in [0.1, 0.15) is 6.04 Å². The van der Waals surface area contributed by atoms with Gasteiger partial charge in [0.25, 0.3) is 0 Å². The molecule has 0 radical (unpaired) electrons. The average molecular weight is 228 g/mol. The van der Waals surface area contributed by atoms with Crippen LogP contribution in [0.4, 0.5) is 0 Å². The molecule has 1 unspecified atom stereocenters. The molecule has 0 heterocycles. The van der Waals surface area contributed by atoms with Crippen molar-refractivity contribution in [3.8, 4) is 0 Å². The van der Waals surface area contributed by atoms with Crippen molar-refractivity contribution < 1.29 is 14.7 Å². The van der Waals surface area contributed by atoms with Crippen molar-refractivity contribution >= 4 is 11.9 Å². The normalized spacial score (nSPS) is 17.9. The molecule has 0 spiro atoms. The Bertz CT molecular complexity index is 283. The van der Waals surface area contributed by atoms with E-state index in [0.717, 1.165) is 12.8 Å². The number of hydrogen-bond acceptors (Lipinski definition) is 3. The number of nitrogens with two attached hydrogens (primary N) is 1. The predicted molar refractivity (Wildman–Crippen MR) is 59.8 cm³/mol. The molecule has 16 heavy (non-hydrogen) atoms. The summed E-state index contributed by atoms with van der Waals surface area (Å²) >= 11 is 0. The minimum absolute atomic E-state index is 0.0828. The van der Waals surface area contributed by atoms with E-state index in [1.165, 1.54) is 0 Å². The molecule has 92 valence electrons. The van der Waals surface area contributed by atoms with E-state index in [2.05, 4.69) is 5.32 Å². The lowest BCUT2D eigenvalue weighted by Crippen LogP contribution is -2.57. The van der Waals surface area contributed by atoms with Gasteiger partial charge in [-0.05, 0) is 31.6 Å². The van der Waals surface area contributed by atoms with Crippen LogP contribution < -0.4 is 11.1 Å². The van der Waals surface area contributed by atoms with E-state index in [1.807, 2.05) is 13.8 Å². The number of carbonyl (C=O) groups excluding carboxylic acids is 1. The van der Waals surface area contributed by atoms with Gasteiger partial charge in [0.2, 0.25) is 5.91 Å². The fraction of sp³-hybridized carbons (Fsp3) is 0.818. The Morgan fingerprint density at radius 2 is 1.94 bits per heavy atom. The van der Waals surface area contributed by atoms with Crippen molar-refractivity contribution in [3.63, 3.8) is 0 Å². The van der Waals surface area contributed by atoms with E-state index in [9.17, 15) is 9.59 Å². The molecule has 1 atom stereocenters. The van der Waals surface area contributed by atoms with Crippen LogP contribution in [0.3, 0.4) is 0 Å². The van der Waals surface area contributed by atoms with Gasteiger partial charge in [0, 0.05) is 0 Å². The van der Waals surface area contributed by atoms with Crippen molar-refractivity contribution in [2.75, 3.05) is 0 Å². The first-order chi connectivity index (χ1) is 7.44. The van der Waals surface area contributed by atoms with Crippen LogP contribution in [0.25, 0.3) is 0 Å². The lowest BCUT2D eigenvalue weighted by Gasteiger charge is -2.27. The maximum Gasteiger partial charge on any atom is 0.326 e. The molecule has 0 aromatic rings. The zero-order valence-electron chi connectivity index (χ0n) is 9.82. The topological polar surface area (TPSA) is 92.4 Å². The van der Waals surface area contributed by atoms with E-state index in [1.54, 1.807) is 0 Å². The largest absolute Gasteiger partial charge is 0.480 e. The SMILES string of the molecule is CCC(N)(CC)C(=O)NC(C(=O)O)C1CC1. The molecule has 0 saturated heterocycles. The number of nitrogens with one attached hydrogen (secondary N) is 1. The maximum atomic E-state index is 11.9. The third-order valence-electron chi connectivity index (χ3n) is 3.36. The minimum atomic E-state index is -0.967. The Labute approximate surface area is 95.4 Å². The number of carboxylic acids is 1. The van der Waals surface area contributed by atoms with E-state index >= 15 is 0 Å². The molecule has 1 rings (SSSR count). The molecular weight excluding hydrogens is 208 g/mol. The van der Waals surface area contributed by atoms with Gasteiger partial charge < -0.3 is 16.2 Å². The summed E-state index contributed by atoms with van der Waals surface area (Å²) in [4.78, 5) is 22.8. The summed E-state index contributed by atoms with van der Waals surface area (Å²) in [5.41, 5.74) is 4.96. The summed E-state index contributed by atoms with van der Waals surface area (Å²) in [7, 11) is 0. The van der Waals surface area contributed by atoms with E-state index in [4.69, 9.17) is 10.8 Å². The second-order valence-corrected chi connectivity index (χ2v) is 4.49. The molecule has 1 fully saturated rings. The molecule has 0 bridgehead atoms. The van der Waals surface area contributed by atoms with Gasteiger partial charge >= 0.3 is 5.97 Å². The molecule has 1 amide bonds. The van der Waals surface area contributed by atoms with Gasteiger partial charge in [-0.3, -0.25) is 4.79 Å².